The largest absolute Gasteiger partial charge is 0.390 e. The Labute approximate surface area is 54.3 Å². The predicted molar refractivity (Wildman–Crippen MR) is 32.0 cm³/mol. The molecule has 0 aromatic carbocycles. The number of rotatable bonds is 1. The first-order valence-corrected chi connectivity index (χ1v) is 3.14. The Balaban J connectivity index is 2.41. The standard InChI is InChI=1S/C6H12O3/c1-9-5-3-2-4(7)6(5)8/h4-8H,2-3H2,1H3/t4-,5-,6+/m0/s1. The molecule has 0 bridgehead atoms. The van der Waals surface area contributed by atoms with Gasteiger partial charge >= 0.3 is 0 Å². The van der Waals surface area contributed by atoms with Gasteiger partial charge in [0.2, 0.25) is 0 Å². The lowest BCUT2D eigenvalue weighted by atomic mass is 10.2. The molecule has 0 radical (unpaired) electrons. The molecule has 1 rings (SSSR count). The van der Waals surface area contributed by atoms with Gasteiger partial charge in [-0.1, -0.05) is 0 Å². The van der Waals surface area contributed by atoms with Crippen molar-refractivity contribution in [3.63, 3.8) is 0 Å². The van der Waals surface area contributed by atoms with Crippen molar-refractivity contribution >= 4 is 0 Å². The van der Waals surface area contributed by atoms with Crippen LogP contribution in [0, 0.1) is 0 Å². The van der Waals surface area contributed by atoms with Crippen molar-refractivity contribution in [3.05, 3.63) is 0 Å². The van der Waals surface area contributed by atoms with Crippen LogP contribution in [0.1, 0.15) is 12.8 Å². The molecule has 0 heterocycles. The Kier molecular flexibility index (Phi) is 2.05. The van der Waals surface area contributed by atoms with Gasteiger partial charge in [0.05, 0.1) is 12.2 Å². The summed E-state index contributed by atoms with van der Waals surface area (Å²) in [4.78, 5) is 0. The van der Waals surface area contributed by atoms with E-state index in [-0.39, 0.29) is 6.10 Å². The fourth-order valence-corrected chi connectivity index (χ4v) is 1.18. The highest BCUT2D eigenvalue weighted by Crippen LogP contribution is 2.21. The van der Waals surface area contributed by atoms with E-state index in [2.05, 4.69) is 0 Å². The van der Waals surface area contributed by atoms with Crippen LogP contribution in [0.2, 0.25) is 0 Å². The molecular weight excluding hydrogens is 120 g/mol. The topological polar surface area (TPSA) is 49.7 Å². The second-order valence-electron chi connectivity index (χ2n) is 2.41. The summed E-state index contributed by atoms with van der Waals surface area (Å²) in [6.07, 6.45) is 0.0170. The lowest BCUT2D eigenvalue weighted by molar-refractivity contribution is -0.0366. The van der Waals surface area contributed by atoms with Crippen LogP contribution in [0.25, 0.3) is 0 Å². The van der Waals surface area contributed by atoms with Crippen LogP contribution < -0.4 is 0 Å². The maximum absolute atomic E-state index is 9.08. The van der Waals surface area contributed by atoms with Gasteiger partial charge in [0.1, 0.15) is 6.10 Å². The maximum atomic E-state index is 9.08. The summed E-state index contributed by atoms with van der Waals surface area (Å²) in [6.45, 7) is 0. The van der Waals surface area contributed by atoms with E-state index in [1.54, 1.807) is 7.11 Å². The summed E-state index contributed by atoms with van der Waals surface area (Å²) in [5.41, 5.74) is 0. The van der Waals surface area contributed by atoms with Crippen molar-refractivity contribution in [2.45, 2.75) is 31.2 Å². The molecule has 0 aliphatic heterocycles. The molecule has 0 saturated heterocycles. The molecule has 1 aliphatic carbocycles. The second kappa shape index (κ2) is 2.64. The number of hydrogen-bond acceptors (Lipinski definition) is 3. The van der Waals surface area contributed by atoms with Crippen LogP contribution >= 0.6 is 0 Å². The van der Waals surface area contributed by atoms with E-state index in [0.29, 0.717) is 6.42 Å². The quantitative estimate of drug-likeness (QED) is 0.506. The van der Waals surface area contributed by atoms with E-state index in [4.69, 9.17) is 14.9 Å². The van der Waals surface area contributed by atoms with Crippen molar-refractivity contribution in [1.29, 1.82) is 0 Å². The highest BCUT2D eigenvalue weighted by Gasteiger charge is 2.32. The molecule has 3 nitrogen and oxygen atoms in total. The smallest absolute Gasteiger partial charge is 0.106 e. The third kappa shape index (κ3) is 1.23. The number of ether oxygens (including phenoxy) is 1. The minimum Gasteiger partial charge on any atom is -0.390 e. The van der Waals surface area contributed by atoms with Crippen molar-refractivity contribution in [2.75, 3.05) is 7.11 Å². The number of hydrogen-bond donors (Lipinski definition) is 2. The van der Waals surface area contributed by atoms with Crippen LogP contribution in [0.3, 0.4) is 0 Å². The molecule has 1 aliphatic rings. The average Bonchev–Trinajstić information content (AvgIpc) is 2.15. The molecule has 1 fully saturated rings. The normalized spacial score (nSPS) is 43.7. The predicted octanol–water partition coefficient (Wildman–Crippen LogP) is -0.483. The second-order valence-corrected chi connectivity index (χ2v) is 2.41. The lowest BCUT2D eigenvalue weighted by Crippen LogP contribution is -2.29. The minimum absolute atomic E-state index is 0.153. The molecule has 0 amide bonds. The van der Waals surface area contributed by atoms with E-state index >= 15 is 0 Å². The lowest BCUT2D eigenvalue weighted by Gasteiger charge is -2.13. The van der Waals surface area contributed by atoms with Gasteiger partial charge in [0.15, 0.2) is 0 Å². The minimum atomic E-state index is -0.671. The SMILES string of the molecule is CO[C@H]1CC[C@H](O)[C@H]1O. The molecule has 0 unspecified atom stereocenters. The highest BCUT2D eigenvalue weighted by molar-refractivity contribution is 4.84. The molecule has 2 N–H and O–H groups in total. The van der Waals surface area contributed by atoms with Crippen molar-refractivity contribution in [2.24, 2.45) is 0 Å². The van der Waals surface area contributed by atoms with Gasteiger partial charge in [-0.25, -0.2) is 0 Å². The van der Waals surface area contributed by atoms with Gasteiger partial charge in [-0.2, -0.15) is 0 Å². The first-order valence-electron chi connectivity index (χ1n) is 3.14. The van der Waals surface area contributed by atoms with Gasteiger partial charge in [-0.3, -0.25) is 0 Å². The third-order valence-corrected chi connectivity index (χ3v) is 1.82. The first-order chi connectivity index (χ1) is 4.25. The summed E-state index contributed by atoms with van der Waals surface area (Å²) in [5, 5.41) is 18.1. The average molecular weight is 132 g/mol. The first kappa shape index (κ1) is 6.99. The Morgan fingerprint density at radius 3 is 2.22 bits per heavy atom. The van der Waals surface area contributed by atoms with Crippen LogP contribution in [-0.4, -0.2) is 35.6 Å². The zero-order valence-corrected chi connectivity index (χ0v) is 5.45. The molecular formula is C6H12O3. The van der Waals surface area contributed by atoms with E-state index in [1.807, 2.05) is 0 Å². The Morgan fingerprint density at radius 2 is 2.00 bits per heavy atom. The molecule has 3 heteroatoms. The maximum Gasteiger partial charge on any atom is 0.106 e. The van der Waals surface area contributed by atoms with Gasteiger partial charge in [0.25, 0.3) is 0 Å². The number of aliphatic hydroxyl groups excluding tert-OH is 2. The fraction of sp³-hybridized carbons (Fsp3) is 1.00. The molecule has 1 saturated carbocycles. The highest BCUT2D eigenvalue weighted by atomic mass is 16.5. The molecule has 54 valence electrons. The molecule has 0 aromatic heterocycles. The number of methoxy groups -OCH3 is 1. The van der Waals surface area contributed by atoms with Gasteiger partial charge in [0, 0.05) is 7.11 Å². The van der Waals surface area contributed by atoms with Crippen molar-refractivity contribution < 1.29 is 14.9 Å². The number of aliphatic hydroxyl groups is 2. The monoisotopic (exact) mass is 132 g/mol. The van der Waals surface area contributed by atoms with E-state index in [9.17, 15) is 0 Å². The van der Waals surface area contributed by atoms with Crippen LogP contribution in [-0.2, 0) is 4.74 Å². The Hall–Kier alpha value is -0.120. The van der Waals surface area contributed by atoms with E-state index < -0.39 is 12.2 Å². The summed E-state index contributed by atoms with van der Waals surface area (Å²) < 4.78 is 4.88. The van der Waals surface area contributed by atoms with Crippen molar-refractivity contribution in [3.8, 4) is 0 Å². The van der Waals surface area contributed by atoms with E-state index in [1.165, 1.54) is 0 Å². The molecule has 0 spiro atoms. The summed E-state index contributed by atoms with van der Waals surface area (Å²) in [7, 11) is 1.55. The zero-order valence-electron chi connectivity index (χ0n) is 5.45. The summed E-state index contributed by atoms with van der Waals surface area (Å²) in [5.74, 6) is 0. The molecule has 3 atom stereocenters. The Morgan fingerprint density at radius 1 is 1.33 bits per heavy atom. The third-order valence-electron chi connectivity index (χ3n) is 1.82. The molecule has 9 heavy (non-hydrogen) atoms. The van der Waals surface area contributed by atoms with Gasteiger partial charge in [-0.05, 0) is 12.8 Å². The fourth-order valence-electron chi connectivity index (χ4n) is 1.18. The summed E-state index contributed by atoms with van der Waals surface area (Å²) in [6, 6.07) is 0. The summed E-state index contributed by atoms with van der Waals surface area (Å²) >= 11 is 0. The van der Waals surface area contributed by atoms with Crippen LogP contribution in [0.5, 0.6) is 0 Å². The van der Waals surface area contributed by atoms with E-state index in [0.717, 1.165) is 6.42 Å². The van der Waals surface area contributed by atoms with Gasteiger partial charge in [-0.15, -0.1) is 0 Å². The Bertz CT molecular complexity index is 94.3. The molecule has 0 aromatic rings. The van der Waals surface area contributed by atoms with Gasteiger partial charge < -0.3 is 14.9 Å². The zero-order chi connectivity index (χ0) is 6.85. The van der Waals surface area contributed by atoms with Crippen LogP contribution in [0.4, 0.5) is 0 Å². The van der Waals surface area contributed by atoms with Crippen molar-refractivity contribution in [1.82, 2.24) is 0 Å². The van der Waals surface area contributed by atoms with Crippen LogP contribution in [0.15, 0.2) is 0 Å².